The van der Waals surface area contributed by atoms with Crippen molar-refractivity contribution in [2.24, 2.45) is 11.8 Å². The van der Waals surface area contributed by atoms with Crippen molar-refractivity contribution in [2.45, 2.75) is 44.4 Å². The van der Waals surface area contributed by atoms with Crippen LogP contribution in [0.2, 0.25) is 0 Å². The monoisotopic (exact) mass is 464 g/mol. The van der Waals surface area contributed by atoms with Gasteiger partial charge in [0.25, 0.3) is 0 Å². The van der Waals surface area contributed by atoms with E-state index in [-0.39, 0.29) is 23.1 Å². The maximum Gasteiger partial charge on any atom is 0.213 e. The van der Waals surface area contributed by atoms with Crippen molar-refractivity contribution in [3.63, 3.8) is 0 Å². The number of fused-ring (bicyclic) bond motifs is 1. The largest absolute Gasteiger partial charge is 1.00 e. The summed E-state index contributed by atoms with van der Waals surface area (Å²) in [6, 6.07) is 21.7. The molecule has 0 N–H and O–H groups in total. The Bertz CT molecular complexity index is 1050. The maximum atomic E-state index is 6.53. The zero-order valence-corrected chi connectivity index (χ0v) is 19.1. The van der Waals surface area contributed by atoms with Crippen molar-refractivity contribution < 1.29 is 26.2 Å². The molecule has 3 aromatic rings. The van der Waals surface area contributed by atoms with Gasteiger partial charge in [-0.05, 0) is 36.6 Å². The highest BCUT2D eigenvalue weighted by atomic mass is 79.9. The second kappa shape index (κ2) is 7.35. The minimum Gasteiger partial charge on any atom is -1.00 e. The van der Waals surface area contributed by atoms with Gasteiger partial charge < -0.3 is 26.2 Å². The molecule has 0 bridgehead atoms. The van der Waals surface area contributed by atoms with E-state index >= 15 is 0 Å². The predicted molar refractivity (Wildman–Crippen MR) is 116 cm³/mol. The van der Waals surface area contributed by atoms with Crippen molar-refractivity contribution in [1.29, 1.82) is 0 Å². The molecule has 6 rings (SSSR count). The number of halogens is 1. The van der Waals surface area contributed by atoms with Gasteiger partial charge in [0.05, 0.1) is 12.5 Å². The summed E-state index contributed by atoms with van der Waals surface area (Å²) >= 11 is 0. The molecule has 3 aliphatic rings. The highest BCUT2D eigenvalue weighted by molar-refractivity contribution is 5.85. The summed E-state index contributed by atoms with van der Waals surface area (Å²) < 4.78 is 7.72. The first-order valence-electron chi connectivity index (χ1n) is 11.1. The van der Waals surface area contributed by atoms with E-state index in [0.717, 1.165) is 24.9 Å². The lowest BCUT2D eigenvalue weighted by Gasteiger charge is -2.43. The molecule has 156 valence electrons. The fourth-order valence-electron chi connectivity index (χ4n) is 7.17. The number of pyridine rings is 1. The third-order valence-corrected chi connectivity index (χ3v) is 8.57. The molecule has 0 amide bonds. The fourth-order valence-corrected chi connectivity index (χ4v) is 7.17. The van der Waals surface area contributed by atoms with Gasteiger partial charge in [0.15, 0.2) is 6.10 Å². The van der Waals surface area contributed by atoms with Crippen LogP contribution < -0.4 is 21.7 Å². The summed E-state index contributed by atoms with van der Waals surface area (Å²) in [6.45, 7) is 6.09. The molecule has 30 heavy (non-hydrogen) atoms. The van der Waals surface area contributed by atoms with Crippen molar-refractivity contribution in [2.75, 3.05) is 13.1 Å². The molecule has 2 aliphatic heterocycles. The van der Waals surface area contributed by atoms with Crippen LogP contribution in [0, 0.1) is 11.8 Å². The van der Waals surface area contributed by atoms with Gasteiger partial charge in [-0.2, -0.15) is 0 Å². The van der Waals surface area contributed by atoms with E-state index in [4.69, 9.17) is 4.74 Å². The van der Waals surface area contributed by atoms with Crippen LogP contribution in [0.25, 0.3) is 10.8 Å². The van der Waals surface area contributed by atoms with Gasteiger partial charge in [0, 0.05) is 30.2 Å². The van der Waals surface area contributed by atoms with Crippen LogP contribution in [0.4, 0.5) is 0 Å². The van der Waals surface area contributed by atoms with Crippen molar-refractivity contribution in [1.82, 2.24) is 4.98 Å². The normalized spacial score (nSPS) is 34.0. The number of nitrogens with zero attached hydrogens (tertiary/aromatic N) is 2. The molecular weight excluding hydrogens is 436 g/mol. The quantitative estimate of drug-likeness (QED) is 0.552. The van der Waals surface area contributed by atoms with E-state index in [1.54, 1.807) is 0 Å². The Balaban J connectivity index is 0.00000193. The third-order valence-electron chi connectivity index (χ3n) is 8.57. The first-order chi connectivity index (χ1) is 14.2. The molecule has 3 heterocycles. The molecule has 2 aromatic carbocycles. The Kier molecular flexibility index (Phi) is 4.90. The Hall–Kier alpha value is -1.91. The van der Waals surface area contributed by atoms with Gasteiger partial charge in [0.2, 0.25) is 5.88 Å². The molecule has 3 fully saturated rings. The number of hydrogen-bond acceptors (Lipinski definition) is 2. The van der Waals surface area contributed by atoms with Gasteiger partial charge in [0.1, 0.15) is 18.6 Å². The average Bonchev–Trinajstić information content (AvgIpc) is 3.32. The standard InChI is InChI=1S/C26H29N2O.BrH/c1-26-21-12-13-23(26)24(29-25-11-4-5-15-27-25)18-28(26,16-14-21)17-20-9-6-8-19-7-2-3-10-22(19)20;/h2-11,15,21,23-24H,12-14,16-18H2,1H3;1H/q+1;/p-1/t21-,23+,24-,26+,28+;/m0./s1. The summed E-state index contributed by atoms with van der Waals surface area (Å²) in [5, 5.41) is 2.77. The van der Waals surface area contributed by atoms with E-state index in [2.05, 4.69) is 54.4 Å². The van der Waals surface area contributed by atoms with Crippen molar-refractivity contribution in [3.8, 4) is 5.88 Å². The van der Waals surface area contributed by atoms with Gasteiger partial charge >= 0.3 is 0 Å². The number of rotatable bonds is 4. The van der Waals surface area contributed by atoms with Crippen LogP contribution in [0.5, 0.6) is 5.88 Å². The highest BCUT2D eigenvalue weighted by Gasteiger charge is 2.71. The Morgan fingerprint density at radius 2 is 1.83 bits per heavy atom. The Labute approximate surface area is 189 Å². The lowest BCUT2D eigenvalue weighted by Crippen LogP contribution is -3.00. The number of aromatic nitrogens is 1. The fraction of sp³-hybridized carbons (Fsp3) is 0.423. The first kappa shape index (κ1) is 20.0. The molecule has 2 saturated heterocycles. The minimum atomic E-state index is 0. The number of quaternary nitrogens is 1. The summed E-state index contributed by atoms with van der Waals surface area (Å²) in [5.41, 5.74) is 1.82. The second-order valence-corrected chi connectivity index (χ2v) is 9.57. The van der Waals surface area contributed by atoms with E-state index in [1.165, 1.54) is 46.6 Å². The topological polar surface area (TPSA) is 22.1 Å². The summed E-state index contributed by atoms with van der Waals surface area (Å²) in [7, 11) is 0. The third kappa shape index (κ3) is 2.76. The Morgan fingerprint density at radius 1 is 1.00 bits per heavy atom. The minimum absolute atomic E-state index is 0. The molecule has 0 radical (unpaired) electrons. The van der Waals surface area contributed by atoms with Crippen LogP contribution in [0.3, 0.4) is 0 Å². The lowest BCUT2D eigenvalue weighted by molar-refractivity contribution is -0.965. The number of hydrogen-bond donors (Lipinski definition) is 0. The zero-order chi connectivity index (χ0) is 19.5. The summed E-state index contributed by atoms with van der Waals surface area (Å²) in [5.74, 6) is 2.25. The Morgan fingerprint density at radius 3 is 2.70 bits per heavy atom. The molecule has 5 atom stereocenters. The summed E-state index contributed by atoms with van der Waals surface area (Å²) in [6.07, 6.45) is 6.14. The van der Waals surface area contributed by atoms with E-state index in [9.17, 15) is 0 Å². The highest BCUT2D eigenvalue weighted by Crippen LogP contribution is 2.61. The SMILES string of the molecule is C[C@@]12[C@H]3CC[C@@H]1[C@@H](Oc1ccccn1)C[N@+]2(Cc1cccc2ccccc12)CC3.[Br-]. The van der Waals surface area contributed by atoms with Crippen molar-refractivity contribution >= 4 is 10.8 Å². The number of benzene rings is 2. The second-order valence-electron chi connectivity index (χ2n) is 9.57. The van der Waals surface area contributed by atoms with Crippen LogP contribution >= 0.6 is 0 Å². The lowest BCUT2D eigenvalue weighted by atomic mass is 9.83. The average molecular weight is 465 g/mol. The van der Waals surface area contributed by atoms with Gasteiger partial charge in [-0.25, -0.2) is 4.98 Å². The van der Waals surface area contributed by atoms with Crippen molar-refractivity contribution in [3.05, 3.63) is 72.4 Å². The van der Waals surface area contributed by atoms with E-state index in [1.807, 2.05) is 24.4 Å². The van der Waals surface area contributed by atoms with Crippen LogP contribution in [-0.4, -0.2) is 34.2 Å². The maximum absolute atomic E-state index is 6.53. The summed E-state index contributed by atoms with van der Waals surface area (Å²) in [4.78, 5) is 4.46. The van der Waals surface area contributed by atoms with E-state index in [0.29, 0.717) is 11.5 Å². The smallest absolute Gasteiger partial charge is 0.213 e. The van der Waals surface area contributed by atoms with Crippen LogP contribution in [-0.2, 0) is 6.54 Å². The molecular formula is C26H29BrN2O. The van der Waals surface area contributed by atoms with Crippen LogP contribution in [0.15, 0.2) is 66.9 Å². The molecule has 1 aromatic heterocycles. The van der Waals surface area contributed by atoms with Gasteiger partial charge in [-0.15, -0.1) is 0 Å². The molecule has 1 aliphatic carbocycles. The molecule has 3 nitrogen and oxygen atoms in total. The molecule has 0 spiro atoms. The first-order valence-corrected chi connectivity index (χ1v) is 11.1. The van der Waals surface area contributed by atoms with Gasteiger partial charge in [-0.3, -0.25) is 0 Å². The predicted octanol–water partition coefficient (Wildman–Crippen LogP) is 2.21. The zero-order valence-electron chi connectivity index (χ0n) is 17.5. The molecule has 4 heteroatoms. The van der Waals surface area contributed by atoms with E-state index < -0.39 is 0 Å². The molecule has 1 saturated carbocycles. The molecule has 0 unspecified atom stereocenters. The number of ether oxygens (including phenoxy) is 1. The van der Waals surface area contributed by atoms with Gasteiger partial charge in [-0.1, -0.05) is 48.5 Å². The van der Waals surface area contributed by atoms with Crippen LogP contribution in [0.1, 0.15) is 31.7 Å².